The topological polar surface area (TPSA) is 126 Å². The molecule has 6 atom stereocenters. The summed E-state index contributed by atoms with van der Waals surface area (Å²) < 4.78 is 0. The van der Waals surface area contributed by atoms with E-state index in [2.05, 4.69) is 6.58 Å². The SMILES string of the molecule is C=C(/C=C/c1ccc(O)c2c1C[C@]1(C)C[C@]3(C)C(C(C)C)C(=O)C(C(C)=O)C(=O)[C@]3(O)C(=O)C1C2=O)CC. The van der Waals surface area contributed by atoms with E-state index in [1.165, 1.54) is 6.07 Å². The molecule has 0 radical (unpaired) electrons. The van der Waals surface area contributed by atoms with E-state index in [9.17, 15) is 34.2 Å². The molecule has 7 heteroatoms. The fourth-order valence-electron chi connectivity index (χ4n) is 7.64. The zero-order chi connectivity index (χ0) is 28.5. The van der Waals surface area contributed by atoms with E-state index in [0.717, 1.165) is 18.9 Å². The summed E-state index contributed by atoms with van der Waals surface area (Å²) in [6.45, 7) is 13.9. The number of phenolic OH excluding ortho intramolecular Hbond substituents is 1. The minimum absolute atomic E-state index is 0.000140. The summed E-state index contributed by atoms with van der Waals surface area (Å²) in [5.74, 6) is -8.88. The maximum absolute atomic E-state index is 14.2. The summed E-state index contributed by atoms with van der Waals surface area (Å²) in [6, 6.07) is 3.10. The van der Waals surface area contributed by atoms with Crippen molar-refractivity contribution in [1.82, 2.24) is 0 Å². The molecule has 2 saturated carbocycles. The molecule has 202 valence electrons. The molecule has 0 spiro atoms. The smallest absolute Gasteiger partial charge is 0.190 e. The van der Waals surface area contributed by atoms with Crippen LogP contribution in [-0.2, 0) is 25.6 Å². The van der Waals surface area contributed by atoms with Crippen LogP contribution < -0.4 is 0 Å². The van der Waals surface area contributed by atoms with Crippen molar-refractivity contribution in [2.45, 2.75) is 66.4 Å². The normalized spacial score (nSPS) is 34.8. The molecule has 0 saturated heterocycles. The van der Waals surface area contributed by atoms with Crippen LogP contribution >= 0.6 is 0 Å². The number of Topliss-reactive ketones (excluding diaryl/α,β-unsaturated/α-hetero) is 5. The van der Waals surface area contributed by atoms with E-state index in [-0.39, 0.29) is 30.1 Å². The van der Waals surface area contributed by atoms with Gasteiger partial charge in [0.2, 0.25) is 0 Å². The molecule has 0 bridgehead atoms. The Labute approximate surface area is 223 Å². The molecule has 3 unspecified atom stereocenters. The lowest BCUT2D eigenvalue weighted by Gasteiger charge is -2.61. The highest BCUT2D eigenvalue weighted by Crippen LogP contribution is 2.63. The zero-order valence-electron chi connectivity index (χ0n) is 22.9. The third kappa shape index (κ3) is 3.54. The van der Waals surface area contributed by atoms with Gasteiger partial charge < -0.3 is 10.2 Å². The van der Waals surface area contributed by atoms with E-state index >= 15 is 0 Å². The number of hydrogen-bond acceptors (Lipinski definition) is 7. The van der Waals surface area contributed by atoms with E-state index in [4.69, 9.17) is 0 Å². The maximum Gasteiger partial charge on any atom is 0.190 e. The summed E-state index contributed by atoms with van der Waals surface area (Å²) in [6.07, 6.45) is 4.65. The van der Waals surface area contributed by atoms with Crippen molar-refractivity contribution in [3.05, 3.63) is 47.1 Å². The van der Waals surface area contributed by atoms with Crippen LogP contribution in [0.25, 0.3) is 6.08 Å². The number of benzene rings is 1. The molecule has 0 aromatic heterocycles. The molecular formula is C31H36O7. The van der Waals surface area contributed by atoms with Crippen molar-refractivity contribution in [3.8, 4) is 5.75 Å². The average Bonchev–Trinajstić information content (AvgIpc) is 2.80. The van der Waals surface area contributed by atoms with Crippen LogP contribution in [0.1, 0.15) is 75.9 Å². The van der Waals surface area contributed by atoms with Crippen molar-refractivity contribution < 1.29 is 34.2 Å². The minimum atomic E-state index is -2.68. The van der Waals surface area contributed by atoms with Gasteiger partial charge in [-0.3, -0.25) is 24.0 Å². The molecule has 0 amide bonds. The molecule has 38 heavy (non-hydrogen) atoms. The summed E-state index contributed by atoms with van der Waals surface area (Å²) >= 11 is 0. The lowest BCUT2D eigenvalue weighted by Crippen LogP contribution is -2.76. The number of allylic oxidation sites excluding steroid dienone is 2. The second-order valence-electron chi connectivity index (χ2n) is 12.2. The summed E-state index contributed by atoms with van der Waals surface area (Å²) in [5, 5.41) is 22.7. The highest BCUT2D eigenvalue weighted by molar-refractivity contribution is 6.32. The Morgan fingerprint density at radius 3 is 2.34 bits per heavy atom. The molecule has 2 N–H and O–H groups in total. The summed E-state index contributed by atoms with van der Waals surface area (Å²) in [4.78, 5) is 67.8. The van der Waals surface area contributed by atoms with Crippen LogP contribution in [-0.4, -0.2) is 44.7 Å². The number of fused-ring (bicyclic) bond motifs is 3. The third-order valence-electron chi connectivity index (χ3n) is 9.25. The van der Waals surface area contributed by atoms with E-state index < -0.39 is 63.1 Å². The van der Waals surface area contributed by atoms with Crippen LogP contribution in [0.4, 0.5) is 0 Å². The zero-order valence-corrected chi connectivity index (χ0v) is 22.9. The second-order valence-corrected chi connectivity index (χ2v) is 12.2. The standard InChI is InChI=1S/C31H36O7/c1-8-16(4)9-10-18-11-12-20(33)22-19(18)13-29(6)14-30(7)23(15(2)3)25(34)21(17(5)32)27(36)31(30,38)28(37)24(29)26(22)35/h9-12,15,21,23-24,33,38H,4,8,13-14H2,1-3,5-7H3/b10-9+/t21?,23?,24?,29-,30-,31+/m1/s1. The number of aromatic hydroxyl groups is 1. The molecule has 3 aliphatic rings. The maximum atomic E-state index is 14.2. The van der Waals surface area contributed by atoms with Gasteiger partial charge in [-0.05, 0) is 54.7 Å². The second kappa shape index (κ2) is 8.94. The Kier molecular flexibility index (Phi) is 6.55. The Balaban J connectivity index is 1.95. The van der Waals surface area contributed by atoms with Crippen molar-refractivity contribution in [2.24, 2.45) is 34.5 Å². The van der Waals surface area contributed by atoms with Gasteiger partial charge in [-0.1, -0.05) is 65.0 Å². The van der Waals surface area contributed by atoms with Crippen molar-refractivity contribution >= 4 is 35.0 Å². The Morgan fingerprint density at radius 2 is 1.79 bits per heavy atom. The molecule has 1 aromatic carbocycles. The molecule has 4 rings (SSSR count). The molecular weight excluding hydrogens is 484 g/mol. The number of aliphatic hydroxyl groups is 1. The highest BCUT2D eigenvalue weighted by atomic mass is 16.3. The van der Waals surface area contributed by atoms with Gasteiger partial charge in [-0.15, -0.1) is 0 Å². The largest absolute Gasteiger partial charge is 0.507 e. The first-order valence-electron chi connectivity index (χ1n) is 13.2. The number of ketones is 5. The Hall–Kier alpha value is -3.19. The lowest BCUT2D eigenvalue weighted by atomic mass is 9.40. The molecule has 3 aliphatic carbocycles. The van der Waals surface area contributed by atoms with Crippen LogP contribution in [0.5, 0.6) is 5.75 Å². The van der Waals surface area contributed by atoms with Gasteiger partial charge in [0, 0.05) is 11.3 Å². The van der Waals surface area contributed by atoms with Gasteiger partial charge in [0.05, 0.1) is 11.5 Å². The van der Waals surface area contributed by atoms with Gasteiger partial charge >= 0.3 is 0 Å². The average molecular weight is 521 g/mol. The third-order valence-corrected chi connectivity index (χ3v) is 9.25. The number of carbonyl (C=O) groups is 5. The minimum Gasteiger partial charge on any atom is -0.507 e. The van der Waals surface area contributed by atoms with Crippen LogP contribution in [0.15, 0.2) is 30.4 Å². The van der Waals surface area contributed by atoms with Gasteiger partial charge in [-0.25, -0.2) is 0 Å². The predicted molar refractivity (Wildman–Crippen MR) is 141 cm³/mol. The fraction of sp³-hybridized carbons (Fsp3) is 0.516. The van der Waals surface area contributed by atoms with Gasteiger partial charge in [0.25, 0.3) is 0 Å². The first-order valence-corrected chi connectivity index (χ1v) is 13.2. The fourth-order valence-corrected chi connectivity index (χ4v) is 7.64. The number of hydrogen-bond donors (Lipinski definition) is 2. The quantitative estimate of drug-likeness (QED) is 0.443. The van der Waals surface area contributed by atoms with E-state index in [0.29, 0.717) is 11.1 Å². The van der Waals surface area contributed by atoms with Crippen LogP contribution in [0.2, 0.25) is 0 Å². The van der Waals surface area contributed by atoms with Crippen molar-refractivity contribution in [3.63, 3.8) is 0 Å². The molecule has 0 aliphatic heterocycles. The van der Waals surface area contributed by atoms with Gasteiger partial charge in [0.15, 0.2) is 28.7 Å². The number of carbonyl (C=O) groups excluding carboxylic acids is 5. The first kappa shape index (κ1) is 27.8. The summed E-state index contributed by atoms with van der Waals surface area (Å²) in [5.41, 5.74) is -3.10. The monoisotopic (exact) mass is 520 g/mol. The predicted octanol–water partition coefficient (Wildman–Crippen LogP) is 4.07. The summed E-state index contributed by atoms with van der Waals surface area (Å²) in [7, 11) is 0. The van der Waals surface area contributed by atoms with Gasteiger partial charge in [0.1, 0.15) is 17.5 Å². The number of phenols is 1. The number of rotatable bonds is 5. The molecule has 7 nitrogen and oxygen atoms in total. The molecule has 0 heterocycles. The highest BCUT2D eigenvalue weighted by Gasteiger charge is 2.76. The lowest BCUT2D eigenvalue weighted by molar-refractivity contribution is -0.205. The van der Waals surface area contributed by atoms with E-state index in [1.807, 2.05) is 19.1 Å². The first-order chi connectivity index (χ1) is 17.6. The van der Waals surface area contributed by atoms with Crippen LogP contribution in [0.3, 0.4) is 0 Å². The van der Waals surface area contributed by atoms with E-state index in [1.54, 1.807) is 33.8 Å². The Morgan fingerprint density at radius 1 is 1.16 bits per heavy atom. The van der Waals surface area contributed by atoms with Crippen LogP contribution in [0, 0.1) is 34.5 Å². The van der Waals surface area contributed by atoms with Gasteiger partial charge in [-0.2, -0.15) is 0 Å². The van der Waals surface area contributed by atoms with Crippen molar-refractivity contribution in [2.75, 3.05) is 0 Å². The van der Waals surface area contributed by atoms with Crippen molar-refractivity contribution in [1.29, 1.82) is 0 Å². The molecule has 1 aromatic rings. The Bertz CT molecular complexity index is 1330. The molecule has 2 fully saturated rings.